The molecule has 0 bridgehead atoms. The molecule has 5 heteroatoms. The van der Waals surface area contributed by atoms with Crippen molar-refractivity contribution in [3.8, 4) is 6.07 Å². The van der Waals surface area contributed by atoms with E-state index in [9.17, 15) is 0 Å². The number of allylic oxidation sites excluding steroid dienone is 6. The lowest BCUT2D eigenvalue weighted by Gasteiger charge is -2.02. The molecule has 1 aromatic heterocycles. The van der Waals surface area contributed by atoms with Crippen LogP contribution >= 0.6 is 0 Å². The van der Waals surface area contributed by atoms with Gasteiger partial charge in [0.15, 0.2) is 0 Å². The van der Waals surface area contributed by atoms with E-state index < -0.39 is 0 Å². The van der Waals surface area contributed by atoms with Crippen LogP contribution in [0, 0.1) is 11.3 Å². The molecule has 0 saturated heterocycles. The smallest absolute Gasteiger partial charge is 0.232 e. The molecule has 0 spiro atoms. The fourth-order valence-electron chi connectivity index (χ4n) is 1.72. The molecule has 5 nitrogen and oxygen atoms in total. The van der Waals surface area contributed by atoms with E-state index >= 15 is 0 Å². The number of nitriles is 1. The van der Waals surface area contributed by atoms with Crippen molar-refractivity contribution >= 4 is 0 Å². The zero-order chi connectivity index (χ0) is 15.8. The summed E-state index contributed by atoms with van der Waals surface area (Å²) in [5, 5.41) is 17.1. The molecule has 0 aliphatic heterocycles. The van der Waals surface area contributed by atoms with E-state index in [0.29, 0.717) is 17.4 Å². The van der Waals surface area contributed by atoms with E-state index in [0.717, 1.165) is 12.0 Å². The van der Waals surface area contributed by atoms with Crippen molar-refractivity contribution in [1.82, 2.24) is 10.2 Å². The van der Waals surface area contributed by atoms with Gasteiger partial charge in [-0.2, -0.15) is 5.26 Å². The van der Waals surface area contributed by atoms with Gasteiger partial charge in [-0.05, 0) is 25.8 Å². The molecule has 2 N–H and O–H groups in total. The highest BCUT2D eigenvalue weighted by Gasteiger charge is 2.13. The van der Waals surface area contributed by atoms with Gasteiger partial charge in [0.1, 0.15) is 0 Å². The van der Waals surface area contributed by atoms with E-state index in [1.165, 1.54) is 0 Å². The molecule has 0 aliphatic rings. The number of hydrogen-bond donors (Lipinski definition) is 1. The second-order valence-corrected chi connectivity index (χ2v) is 4.80. The lowest BCUT2D eigenvalue weighted by atomic mass is 10.0. The molecule has 0 saturated carbocycles. The summed E-state index contributed by atoms with van der Waals surface area (Å²) in [7, 11) is 0. The zero-order valence-electron chi connectivity index (χ0n) is 13.0. The average molecular weight is 286 g/mol. The average Bonchev–Trinajstić information content (AvgIpc) is 2.96. The van der Waals surface area contributed by atoms with Crippen LogP contribution in [0.1, 0.15) is 57.9 Å². The molecule has 0 aliphatic carbocycles. The summed E-state index contributed by atoms with van der Waals surface area (Å²) >= 11 is 0. The lowest BCUT2D eigenvalue weighted by Crippen LogP contribution is -2.04. The minimum absolute atomic E-state index is 0.0403. The Hall–Kier alpha value is -2.19. The highest BCUT2D eigenvalue weighted by Crippen LogP contribution is 2.20. The molecule has 0 radical (unpaired) electrons. The van der Waals surface area contributed by atoms with Crippen molar-refractivity contribution in [2.45, 2.75) is 46.1 Å². The van der Waals surface area contributed by atoms with Crippen molar-refractivity contribution in [3.63, 3.8) is 0 Å². The number of nitrogens with two attached hydrogens (primary N) is 1. The molecule has 0 aromatic carbocycles. The first kappa shape index (κ1) is 16.9. The summed E-state index contributed by atoms with van der Waals surface area (Å²) < 4.78 is 5.51. The van der Waals surface area contributed by atoms with Crippen molar-refractivity contribution in [2.75, 3.05) is 0 Å². The van der Waals surface area contributed by atoms with Crippen molar-refractivity contribution < 1.29 is 4.42 Å². The Balaban J connectivity index is 2.87. The Morgan fingerprint density at radius 1 is 1.38 bits per heavy atom. The maximum absolute atomic E-state index is 9.16. The molecule has 21 heavy (non-hydrogen) atoms. The van der Waals surface area contributed by atoms with Crippen LogP contribution in [0.5, 0.6) is 0 Å². The van der Waals surface area contributed by atoms with Crippen LogP contribution in [-0.2, 0) is 0 Å². The SMILES string of the molecule is C/C=C(/C=C/C(C)c1nnc(C(C)N)o1)C(\C#N)=C/CC. The maximum Gasteiger partial charge on any atom is 0.232 e. The van der Waals surface area contributed by atoms with Crippen LogP contribution in [0.3, 0.4) is 0 Å². The van der Waals surface area contributed by atoms with Gasteiger partial charge in [-0.25, -0.2) is 0 Å². The third-order valence-corrected chi connectivity index (χ3v) is 2.95. The zero-order valence-corrected chi connectivity index (χ0v) is 13.0. The summed E-state index contributed by atoms with van der Waals surface area (Å²) in [6, 6.07) is 1.94. The van der Waals surface area contributed by atoms with Gasteiger partial charge in [0.2, 0.25) is 11.8 Å². The maximum atomic E-state index is 9.16. The molecular formula is C16H22N4O. The van der Waals surface area contributed by atoms with Gasteiger partial charge in [0, 0.05) is 0 Å². The van der Waals surface area contributed by atoms with E-state index in [-0.39, 0.29) is 12.0 Å². The predicted molar refractivity (Wildman–Crippen MR) is 82.2 cm³/mol. The first-order valence-electron chi connectivity index (χ1n) is 7.07. The van der Waals surface area contributed by atoms with Gasteiger partial charge in [-0.3, -0.25) is 0 Å². The minimum atomic E-state index is -0.272. The first-order chi connectivity index (χ1) is 10.0. The van der Waals surface area contributed by atoms with Crippen LogP contribution in [0.4, 0.5) is 0 Å². The number of aromatic nitrogens is 2. The van der Waals surface area contributed by atoms with E-state index in [2.05, 4.69) is 16.3 Å². The summed E-state index contributed by atoms with van der Waals surface area (Å²) in [6.45, 7) is 7.67. The van der Waals surface area contributed by atoms with Gasteiger partial charge in [0.05, 0.1) is 23.6 Å². The largest absolute Gasteiger partial charge is 0.423 e. The van der Waals surface area contributed by atoms with Crippen LogP contribution in [0.15, 0.2) is 39.9 Å². The van der Waals surface area contributed by atoms with Gasteiger partial charge in [-0.15, -0.1) is 10.2 Å². The third-order valence-electron chi connectivity index (χ3n) is 2.95. The molecule has 2 unspecified atom stereocenters. The minimum Gasteiger partial charge on any atom is -0.423 e. The summed E-state index contributed by atoms with van der Waals surface area (Å²) in [6.07, 6.45) is 8.49. The second kappa shape index (κ2) is 8.18. The predicted octanol–water partition coefficient (Wildman–Crippen LogP) is 3.56. The molecular weight excluding hydrogens is 264 g/mol. The molecule has 0 amide bonds. The fourth-order valence-corrected chi connectivity index (χ4v) is 1.72. The molecule has 1 aromatic rings. The second-order valence-electron chi connectivity index (χ2n) is 4.80. The lowest BCUT2D eigenvalue weighted by molar-refractivity contribution is 0.420. The van der Waals surface area contributed by atoms with Crippen molar-refractivity contribution in [1.29, 1.82) is 5.26 Å². The Kier molecular flexibility index (Phi) is 6.57. The Bertz CT molecular complexity index is 588. The van der Waals surface area contributed by atoms with Crippen molar-refractivity contribution in [2.24, 2.45) is 5.73 Å². The van der Waals surface area contributed by atoms with Crippen molar-refractivity contribution in [3.05, 3.63) is 47.2 Å². The van der Waals surface area contributed by atoms with E-state index in [4.69, 9.17) is 15.4 Å². The van der Waals surface area contributed by atoms with Gasteiger partial charge in [-0.1, -0.05) is 38.2 Å². The van der Waals surface area contributed by atoms with Crippen LogP contribution in [0.25, 0.3) is 0 Å². The van der Waals surface area contributed by atoms with E-state index in [1.54, 1.807) is 6.92 Å². The molecule has 112 valence electrons. The Morgan fingerprint density at radius 3 is 2.52 bits per heavy atom. The topological polar surface area (TPSA) is 88.7 Å². The highest BCUT2D eigenvalue weighted by atomic mass is 16.4. The Labute approximate surface area is 125 Å². The quantitative estimate of drug-likeness (QED) is 0.638. The van der Waals surface area contributed by atoms with Gasteiger partial charge in [0.25, 0.3) is 0 Å². The molecule has 0 fully saturated rings. The molecule has 1 rings (SSSR count). The number of hydrogen-bond acceptors (Lipinski definition) is 5. The first-order valence-corrected chi connectivity index (χ1v) is 7.07. The number of rotatable bonds is 6. The standard InChI is InChI=1S/C16H22N4O/c1-5-7-14(10-17)13(6-2)9-8-11(3)15-19-20-16(21-15)12(4)18/h6-9,11-12H,5,18H2,1-4H3/b9-8+,13-6-,14-7-. The summed E-state index contributed by atoms with van der Waals surface area (Å²) in [5.41, 5.74) is 7.25. The van der Waals surface area contributed by atoms with Crippen LogP contribution < -0.4 is 5.73 Å². The normalized spacial score (nSPS) is 16.0. The third kappa shape index (κ3) is 4.69. The van der Waals surface area contributed by atoms with E-state index in [1.807, 2.05) is 45.1 Å². The summed E-state index contributed by atoms with van der Waals surface area (Å²) in [4.78, 5) is 0. The highest BCUT2D eigenvalue weighted by molar-refractivity contribution is 5.48. The van der Waals surface area contributed by atoms with Gasteiger partial charge < -0.3 is 10.2 Å². The number of nitrogens with zero attached hydrogens (tertiary/aromatic N) is 3. The molecule has 2 atom stereocenters. The van der Waals surface area contributed by atoms with Crippen LogP contribution in [-0.4, -0.2) is 10.2 Å². The van der Waals surface area contributed by atoms with Gasteiger partial charge >= 0.3 is 0 Å². The fraction of sp³-hybridized carbons (Fsp3) is 0.438. The summed E-state index contributed by atoms with van der Waals surface area (Å²) in [5.74, 6) is 0.911. The molecule has 1 heterocycles. The Morgan fingerprint density at radius 2 is 2.05 bits per heavy atom. The van der Waals surface area contributed by atoms with Crippen LogP contribution in [0.2, 0.25) is 0 Å². The monoisotopic (exact) mass is 286 g/mol.